The molecule has 2 N–H and O–H groups in total. The predicted octanol–water partition coefficient (Wildman–Crippen LogP) is 5.46. The van der Waals surface area contributed by atoms with Crippen LogP contribution in [0.25, 0.3) is 21.8 Å². The lowest BCUT2D eigenvalue weighted by atomic mass is 9.70. The Labute approximate surface area is 179 Å². The van der Waals surface area contributed by atoms with Crippen molar-refractivity contribution in [2.75, 3.05) is 26.2 Å². The maximum Gasteiger partial charge on any atom is 0.151 e. The van der Waals surface area contributed by atoms with Crippen LogP contribution in [0.15, 0.2) is 54.2 Å². The number of para-hydroxylation sites is 1. The Morgan fingerprint density at radius 2 is 1.93 bits per heavy atom. The number of aromatic nitrogens is 1. The Hall–Kier alpha value is -2.46. The van der Waals surface area contributed by atoms with E-state index in [4.69, 9.17) is 4.74 Å². The summed E-state index contributed by atoms with van der Waals surface area (Å²) in [5.41, 5.74) is 3.53. The van der Waals surface area contributed by atoms with Crippen LogP contribution in [0.3, 0.4) is 0 Å². The predicted molar refractivity (Wildman–Crippen MR) is 125 cm³/mol. The van der Waals surface area contributed by atoms with Crippen LogP contribution >= 0.6 is 0 Å². The third-order valence-electron chi connectivity index (χ3n) is 7.13. The highest BCUT2D eigenvalue weighted by molar-refractivity contribution is 6.07. The van der Waals surface area contributed by atoms with Gasteiger partial charge in [-0.1, -0.05) is 31.2 Å². The number of piperidine rings is 3. The van der Waals surface area contributed by atoms with Crippen LogP contribution < -0.4 is 10.1 Å². The van der Waals surface area contributed by atoms with Gasteiger partial charge in [-0.25, -0.2) is 0 Å². The van der Waals surface area contributed by atoms with Crippen molar-refractivity contribution < 1.29 is 4.74 Å². The van der Waals surface area contributed by atoms with Crippen LogP contribution in [0.2, 0.25) is 0 Å². The van der Waals surface area contributed by atoms with Crippen molar-refractivity contribution in [3.63, 3.8) is 0 Å². The molecule has 1 unspecified atom stereocenters. The Bertz CT molecular complexity index is 1060. The smallest absolute Gasteiger partial charge is 0.151 e. The van der Waals surface area contributed by atoms with E-state index in [0.29, 0.717) is 5.92 Å². The quantitative estimate of drug-likeness (QED) is 0.515. The molecule has 3 aromatic rings. The van der Waals surface area contributed by atoms with E-state index in [1.54, 1.807) is 0 Å². The molecule has 1 atom stereocenters. The number of nitrogens with one attached hydrogen (secondary N) is 2. The summed E-state index contributed by atoms with van der Waals surface area (Å²) in [6.07, 6.45) is 6.95. The molecule has 0 saturated carbocycles. The molecule has 3 fully saturated rings. The Balaban J connectivity index is 1.51. The fourth-order valence-electron chi connectivity index (χ4n) is 5.77. The highest BCUT2D eigenvalue weighted by atomic mass is 16.5. The molecule has 0 aliphatic carbocycles. The van der Waals surface area contributed by atoms with Crippen LogP contribution in [0.1, 0.15) is 39.5 Å². The molecule has 0 amide bonds. The Kier molecular flexibility index (Phi) is 5.20. The number of hydrogen-bond donors (Lipinski definition) is 2. The average molecular weight is 404 g/mol. The molecular formula is C26H33N3O. The second-order valence-corrected chi connectivity index (χ2v) is 8.76. The van der Waals surface area contributed by atoms with E-state index < -0.39 is 0 Å². The first-order valence-electron chi connectivity index (χ1n) is 11.6. The number of ether oxygens (including phenoxy) is 1. The second kappa shape index (κ2) is 7.99. The summed E-state index contributed by atoms with van der Waals surface area (Å²) in [7, 11) is 0. The van der Waals surface area contributed by atoms with Crippen molar-refractivity contribution in [1.82, 2.24) is 15.2 Å². The van der Waals surface area contributed by atoms with E-state index in [0.717, 1.165) is 37.2 Å². The van der Waals surface area contributed by atoms with Crippen LogP contribution in [-0.4, -0.2) is 41.7 Å². The lowest BCUT2D eigenvalue weighted by molar-refractivity contribution is -0.0584. The van der Waals surface area contributed by atoms with E-state index in [9.17, 15) is 0 Å². The van der Waals surface area contributed by atoms with Gasteiger partial charge in [0.1, 0.15) is 5.75 Å². The summed E-state index contributed by atoms with van der Waals surface area (Å²) in [5.74, 6) is 1.57. The SMILES string of the molecule is CC=C1N2CCC(CC2)C1(CCCNCC)Oc1ccc2c(c1)[nH]c1ccccc12. The summed E-state index contributed by atoms with van der Waals surface area (Å²) in [4.78, 5) is 6.14. The third kappa shape index (κ3) is 3.18. The monoisotopic (exact) mass is 403 g/mol. The summed E-state index contributed by atoms with van der Waals surface area (Å²) in [6.45, 7) is 8.77. The van der Waals surface area contributed by atoms with Crippen molar-refractivity contribution in [2.45, 2.75) is 45.1 Å². The lowest BCUT2D eigenvalue weighted by Gasteiger charge is -2.55. The van der Waals surface area contributed by atoms with Crippen LogP contribution in [0.4, 0.5) is 0 Å². The van der Waals surface area contributed by atoms with E-state index in [1.807, 2.05) is 0 Å². The summed E-state index contributed by atoms with van der Waals surface area (Å²) < 4.78 is 7.01. The first-order chi connectivity index (χ1) is 14.7. The standard InChI is InChI=1S/C26H33N3O/c1-3-25-26(14-7-15-27-4-2,19-12-16-29(25)17-13-19)30-20-10-11-22-21-8-5-6-9-23(21)28-24(22)18-20/h3,5-6,8-11,18-19,27-28H,4,7,12-17H2,1-2H3. The highest BCUT2D eigenvalue weighted by Crippen LogP contribution is 2.48. The maximum absolute atomic E-state index is 7.01. The van der Waals surface area contributed by atoms with Gasteiger partial charge in [0.2, 0.25) is 0 Å². The van der Waals surface area contributed by atoms with E-state index in [2.05, 4.69) is 77.6 Å². The zero-order valence-electron chi connectivity index (χ0n) is 18.2. The minimum Gasteiger partial charge on any atom is -0.481 e. The van der Waals surface area contributed by atoms with E-state index in [1.165, 1.54) is 47.9 Å². The first-order valence-corrected chi connectivity index (χ1v) is 11.6. The Morgan fingerprint density at radius 1 is 1.13 bits per heavy atom. The third-order valence-corrected chi connectivity index (χ3v) is 7.13. The summed E-state index contributed by atoms with van der Waals surface area (Å²) in [5, 5.41) is 6.03. The molecule has 3 aliphatic rings. The number of aromatic amines is 1. The minimum absolute atomic E-state index is 0.208. The molecule has 0 spiro atoms. The molecular weight excluding hydrogens is 370 g/mol. The average Bonchev–Trinajstić information content (AvgIpc) is 3.15. The first kappa shape index (κ1) is 19.5. The molecule has 4 heteroatoms. The molecule has 0 radical (unpaired) electrons. The number of hydrogen-bond acceptors (Lipinski definition) is 3. The zero-order valence-corrected chi connectivity index (χ0v) is 18.2. The van der Waals surface area contributed by atoms with Gasteiger partial charge in [0.15, 0.2) is 5.60 Å². The maximum atomic E-state index is 7.01. The minimum atomic E-state index is -0.208. The zero-order chi connectivity index (χ0) is 20.6. The van der Waals surface area contributed by atoms with Gasteiger partial charge >= 0.3 is 0 Å². The molecule has 4 heterocycles. The molecule has 158 valence electrons. The van der Waals surface area contributed by atoms with Crippen molar-refractivity contribution in [2.24, 2.45) is 5.92 Å². The number of H-pyrrole nitrogens is 1. The van der Waals surface area contributed by atoms with Crippen molar-refractivity contribution >= 4 is 21.8 Å². The van der Waals surface area contributed by atoms with Crippen molar-refractivity contribution in [3.8, 4) is 5.75 Å². The van der Waals surface area contributed by atoms with Gasteiger partial charge in [0.05, 0.1) is 11.2 Å². The molecule has 6 rings (SSSR count). The van der Waals surface area contributed by atoms with Gasteiger partial charge in [-0.2, -0.15) is 0 Å². The molecule has 2 bridgehead atoms. The largest absolute Gasteiger partial charge is 0.481 e. The summed E-state index contributed by atoms with van der Waals surface area (Å²) >= 11 is 0. The van der Waals surface area contributed by atoms with Crippen LogP contribution in [-0.2, 0) is 0 Å². The topological polar surface area (TPSA) is 40.3 Å². The lowest BCUT2D eigenvalue weighted by Crippen LogP contribution is -2.60. The second-order valence-electron chi connectivity index (χ2n) is 8.76. The molecule has 2 aromatic carbocycles. The highest BCUT2D eigenvalue weighted by Gasteiger charge is 2.51. The molecule has 3 saturated heterocycles. The van der Waals surface area contributed by atoms with E-state index in [-0.39, 0.29) is 5.60 Å². The molecule has 4 nitrogen and oxygen atoms in total. The number of fused-ring (bicyclic) bond motifs is 6. The van der Waals surface area contributed by atoms with Gasteiger partial charge in [0, 0.05) is 41.4 Å². The van der Waals surface area contributed by atoms with Gasteiger partial charge in [0.25, 0.3) is 0 Å². The normalized spacial score (nSPS) is 24.9. The number of allylic oxidation sites excluding steroid dienone is 1. The van der Waals surface area contributed by atoms with Gasteiger partial charge in [-0.05, 0) is 63.9 Å². The summed E-state index contributed by atoms with van der Waals surface area (Å²) in [6, 6.07) is 15.1. The van der Waals surface area contributed by atoms with Gasteiger partial charge in [-0.15, -0.1) is 0 Å². The number of rotatable bonds is 7. The molecule has 30 heavy (non-hydrogen) atoms. The Morgan fingerprint density at radius 3 is 2.73 bits per heavy atom. The number of nitrogens with zero attached hydrogens (tertiary/aromatic N) is 1. The fourth-order valence-corrected chi connectivity index (χ4v) is 5.77. The van der Waals surface area contributed by atoms with Crippen LogP contribution in [0.5, 0.6) is 5.75 Å². The van der Waals surface area contributed by atoms with E-state index >= 15 is 0 Å². The number of benzene rings is 2. The van der Waals surface area contributed by atoms with Crippen molar-refractivity contribution in [3.05, 3.63) is 54.2 Å². The van der Waals surface area contributed by atoms with Crippen LogP contribution in [0, 0.1) is 5.92 Å². The fraction of sp³-hybridized carbons (Fsp3) is 0.462. The molecule has 1 aromatic heterocycles. The van der Waals surface area contributed by atoms with Gasteiger partial charge in [-0.3, -0.25) is 0 Å². The molecule has 3 aliphatic heterocycles. The van der Waals surface area contributed by atoms with Gasteiger partial charge < -0.3 is 19.9 Å². The van der Waals surface area contributed by atoms with Crippen molar-refractivity contribution in [1.29, 1.82) is 0 Å².